The third kappa shape index (κ3) is 3.72. The summed E-state index contributed by atoms with van der Waals surface area (Å²) in [7, 11) is 1.59. The molecule has 0 fully saturated rings. The Balaban J connectivity index is 2.04. The molecule has 0 aliphatic carbocycles. The van der Waals surface area contributed by atoms with E-state index in [1.807, 2.05) is 45.0 Å². The maximum atomic E-state index is 12.0. The van der Waals surface area contributed by atoms with Gasteiger partial charge in [0.2, 0.25) is 0 Å². The van der Waals surface area contributed by atoms with E-state index < -0.39 is 0 Å². The molecule has 0 bridgehead atoms. The standard InChI is InChI=1S/C16H20N4O2/c1-16(2,3)14-9-12(18-19-14)15(21)20-17-10-11-7-5-6-8-13(11)22-4/h5-10H,1-4H3,(H,18,19)(H,20,21). The normalized spacial score (nSPS) is 11.6. The molecule has 2 aromatic rings. The molecule has 0 saturated heterocycles. The van der Waals surface area contributed by atoms with Crippen molar-refractivity contribution in [1.29, 1.82) is 0 Å². The molecular weight excluding hydrogens is 280 g/mol. The van der Waals surface area contributed by atoms with Crippen molar-refractivity contribution in [1.82, 2.24) is 15.6 Å². The molecular formula is C16H20N4O2. The summed E-state index contributed by atoms with van der Waals surface area (Å²) in [6.45, 7) is 6.13. The SMILES string of the molecule is COc1ccccc1C=NNC(=O)c1cc(C(C)(C)C)[nH]n1. The molecule has 0 atom stereocenters. The molecule has 6 heteroatoms. The fourth-order valence-electron chi connectivity index (χ4n) is 1.81. The fraction of sp³-hybridized carbons (Fsp3) is 0.312. The topological polar surface area (TPSA) is 79.4 Å². The van der Waals surface area contributed by atoms with Crippen molar-refractivity contribution in [2.45, 2.75) is 26.2 Å². The van der Waals surface area contributed by atoms with Gasteiger partial charge in [-0.2, -0.15) is 10.2 Å². The lowest BCUT2D eigenvalue weighted by atomic mass is 9.92. The first-order valence-electron chi connectivity index (χ1n) is 6.94. The molecule has 1 amide bonds. The van der Waals surface area contributed by atoms with Gasteiger partial charge in [-0.3, -0.25) is 9.89 Å². The Hall–Kier alpha value is -2.63. The summed E-state index contributed by atoms with van der Waals surface area (Å²) in [4.78, 5) is 12.0. The third-order valence-electron chi connectivity index (χ3n) is 3.13. The number of carbonyl (C=O) groups excluding carboxylic acids is 1. The maximum absolute atomic E-state index is 12.0. The van der Waals surface area contributed by atoms with Gasteiger partial charge in [0.15, 0.2) is 5.69 Å². The zero-order valence-corrected chi connectivity index (χ0v) is 13.2. The second kappa shape index (κ2) is 6.43. The number of nitrogens with one attached hydrogen (secondary N) is 2. The quantitative estimate of drug-likeness (QED) is 0.672. The number of hydrogen-bond donors (Lipinski definition) is 2. The average molecular weight is 300 g/mol. The van der Waals surface area contributed by atoms with Gasteiger partial charge < -0.3 is 4.74 Å². The number of methoxy groups -OCH3 is 1. The van der Waals surface area contributed by atoms with Crippen molar-refractivity contribution in [2.75, 3.05) is 7.11 Å². The predicted octanol–water partition coefficient (Wildman–Crippen LogP) is 2.48. The second-order valence-corrected chi connectivity index (χ2v) is 5.86. The van der Waals surface area contributed by atoms with Gasteiger partial charge >= 0.3 is 0 Å². The van der Waals surface area contributed by atoms with Crippen molar-refractivity contribution in [3.8, 4) is 5.75 Å². The van der Waals surface area contributed by atoms with E-state index in [1.54, 1.807) is 13.2 Å². The summed E-state index contributed by atoms with van der Waals surface area (Å²) >= 11 is 0. The number of rotatable bonds is 4. The van der Waals surface area contributed by atoms with Crippen LogP contribution in [-0.4, -0.2) is 29.4 Å². The van der Waals surface area contributed by atoms with Crippen molar-refractivity contribution >= 4 is 12.1 Å². The van der Waals surface area contributed by atoms with E-state index in [-0.39, 0.29) is 11.3 Å². The average Bonchev–Trinajstić information content (AvgIpc) is 2.97. The minimum atomic E-state index is -0.363. The number of benzene rings is 1. The van der Waals surface area contributed by atoms with Gasteiger partial charge in [0.05, 0.1) is 13.3 Å². The molecule has 6 nitrogen and oxygen atoms in total. The number of aromatic amines is 1. The van der Waals surface area contributed by atoms with E-state index in [2.05, 4.69) is 20.7 Å². The monoisotopic (exact) mass is 300 g/mol. The number of hydrogen-bond acceptors (Lipinski definition) is 4. The van der Waals surface area contributed by atoms with Crippen LogP contribution in [0.1, 0.15) is 42.5 Å². The Morgan fingerprint density at radius 1 is 1.36 bits per heavy atom. The summed E-state index contributed by atoms with van der Waals surface area (Å²) in [5, 5.41) is 10.8. The van der Waals surface area contributed by atoms with Gasteiger partial charge in [-0.15, -0.1) is 0 Å². The van der Waals surface area contributed by atoms with Gasteiger partial charge in [-0.25, -0.2) is 5.43 Å². The molecule has 0 spiro atoms. The van der Waals surface area contributed by atoms with Crippen molar-refractivity contribution in [3.63, 3.8) is 0 Å². The van der Waals surface area contributed by atoms with Crippen LogP contribution in [-0.2, 0) is 5.41 Å². The number of aromatic nitrogens is 2. The van der Waals surface area contributed by atoms with Crippen LogP contribution in [0.25, 0.3) is 0 Å². The minimum absolute atomic E-state index is 0.0911. The molecule has 22 heavy (non-hydrogen) atoms. The highest BCUT2D eigenvalue weighted by molar-refractivity contribution is 5.93. The third-order valence-corrected chi connectivity index (χ3v) is 3.13. The molecule has 2 N–H and O–H groups in total. The van der Waals surface area contributed by atoms with E-state index in [0.29, 0.717) is 11.4 Å². The summed E-state index contributed by atoms with van der Waals surface area (Å²) in [5.41, 5.74) is 4.35. The molecule has 1 aromatic heterocycles. The largest absolute Gasteiger partial charge is 0.496 e. The number of amides is 1. The molecule has 0 aliphatic heterocycles. The zero-order chi connectivity index (χ0) is 16.2. The van der Waals surface area contributed by atoms with Crippen LogP contribution in [0.2, 0.25) is 0 Å². The minimum Gasteiger partial charge on any atom is -0.496 e. The first kappa shape index (κ1) is 15.8. The lowest BCUT2D eigenvalue weighted by molar-refractivity contribution is 0.0950. The van der Waals surface area contributed by atoms with E-state index in [4.69, 9.17) is 4.74 Å². The predicted molar refractivity (Wildman–Crippen MR) is 85.3 cm³/mol. The van der Waals surface area contributed by atoms with Gasteiger partial charge in [0.25, 0.3) is 5.91 Å². The molecule has 1 heterocycles. The lowest BCUT2D eigenvalue weighted by Crippen LogP contribution is -2.18. The van der Waals surface area contributed by atoms with E-state index in [1.165, 1.54) is 6.21 Å². The molecule has 116 valence electrons. The Kier molecular flexibility index (Phi) is 4.60. The number of hydrazone groups is 1. The van der Waals surface area contributed by atoms with Gasteiger partial charge in [-0.1, -0.05) is 32.9 Å². The van der Waals surface area contributed by atoms with Crippen molar-refractivity contribution in [3.05, 3.63) is 47.3 Å². The van der Waals surface area contributed by atoms with Crippen molar-refractivity contribution < 1.29 is 9.53 Å². The smallest absolute Gasteiger partial charge is 0.291 e. The highest BCUT2D eigenvalue weighted by atomic mass is 16.5. The summed E-state index contributed by atoms with van der Waals surface area (Å²) in [5.74, 6) is 0.327. The van der Waals surface area contributed by atoms with Gasteiger partial charge in [-0.05, 0) is 18.2 Å². The highest BCUT2D eigenvalue weighted by Crippen LogP contribution is 2.20. The summed E-state index contributed by atoms with van der Waals surface area (Å²) in [6, 6.07) is 9.14. The van der Waals surface area contributed by atoms with Crippen LogP contribution in [0.5, 0.6) is 5.75 Å². The summed E-state index contributed by atoms with van der Waals surface area (Å²) in [6.07, 6.45) is 1.54. The summed E-state index contributed by atoms with van der Waals surface area (Å²) < 4.78 is 5.21. The Morgan fingerprint density at radius 2 is 2.09 bits per heavy atom. The second-order valence-electron chi connectivity index (χ2n) is 5.86. The molecule has 0 radical (unpaired) electrons. The van der Waals surface area contributed by atoms with Crippen LogP contribution in [0.15, 0.2) is 35.4 Å². The van der Waals surface area contributed by atoms with E-state index >= 15 is 0 Å². The van der Waals surface area contributed by atoms with E-state index in [0.717, 1.165) is 11.3 Å². The maximum Gasteiger partial charge on any atom is 0.291 e. The zero-order valence-electron chi connectivity index (χ0n) is 13.2. The molecule has 0 saturated carbocycles. The number of nitrogens with zero attached hydrogens (tertiary/aromatic N) is 2. The Bertz CT molecular complexity index is 683. The van der Waals surface area contributed by atoms with Crippen LogP contribution in [0.3, 0.4) is 0 Å². The Morgan fingerprint density at radius 3 is 2.73 bits per heavy atom. The molecule has 2 rings (SSSR count). The van der Waals surface area contributed by atoms with Crippen LogP contribution >= 0.6 is 0 Å². The number of carbonyl (C=O) groups is 1. The van der Waals surface area contributed by atoms with Crippen molar-refractivity contribution in [2.24, 2.45) is 5.10 Å². The fourth-order valence-corrected chi connectivity index (χ4v) is 1.81. The molecule has 0 unspecified atom stereocenters. The number of para-hydroxylation sites is 1. The lowest BCUT2D eigenvalue weighted by Gasteiger charge is -2.14. The van der Waals surface area contributed by atoms with Crippen LogP contribution in [0, 0.1) is 0 Å². The first-order valence-corrected chi connectivity index (χ1v) is 6.94. The number of H-pyrrole nitrogens is 1. The molecule has 0 aliphatic rings. The molecule has 1 aromatic carbocycles. The van der Waals surface area contributed by atoms with Gasteiger partial charge in [0.1, 0.15) is 5.75 Å². The highest BCUT2D eigenvalue weighted by Gasteiger charge is 2.19. The van der Waals surface area contributed by atoms with Gasteiger partial charge in [0, 0.05) is 16.7 Å². The van der Waals surface area contributed by atoms with E-state index in [9.17, 15) is 4.79 Å². The Labute approximate surface area is 129 Å². The van der Waals surface area contributed by atoms with Crippen LogP contribution < -0.4 is 10.2 Å². The number of ether oxygens (including phenoxy) is 1. The first-order chi connectivity index (χ1) is 10.4. The van der Waals surface area contributed by atoms with Crippen LogP contribution in [0.4, 0.5) is 0 Å².